The molecule has 0 unspecified atom stereocenters. The minimum atomic E-state index is -4.36. The first-order valence-corrected chi connectivity index (χ1v) is 7.71. The summed E-state index contributed by atoms with van der Waals surface area (Å²) in [7, 11) is 0. The van der Waals surface area contributed by atoms with Crippen LogP contribution in [0.25, 0.3) is 11.4 Å². The molecule has 1 aromatic carbocycles. The smallest absolute Gasteiger partial charge is 0.382 e. The van der Waals surface area contributed by atoms with Gasteiger partial charge in [-0.15, -0.1) is 10.2 Å². The van der Waals surface area contributed by atoms with E-state index in [1.165, 1.54) is 32.1 Å². The predicted octanol–water partition coefficient (Wildman–Crippen LogP) is 3.65. The molecule has 1 heterocycles. The zero-order chi connectivity index (χ0) is 16.3. The molecule has 5 nitrogen and oxygen atoms in total. The van der Waals surface area contributed by atoms with Crippen molar-refractivity contribution in [3.63, 3.8) is 0 Å². The van der Waals surface area contributed by atoms with Gasteiger partial charge in [-0.25, -0.2) is 0 Å². The van der Waals surface area contributed by atoms with Crippen molar-refractivity contribution in [3.05, 3.63) is 24.3 Å². The lowest BCUT2D eigenvalue weighted by molar-refractivity contribution is -0.145. The first-order chi connectivity index (χ1) is 11.0. The van der Waals surface area contributed by atoms with E-state index in [9.17, 15) is 13.2 Å². The Morgan fingerprint density at radius 1 is 1.09 bits per heavy atom. The number of aromatic nitrogens is 4. The quantitative estimate of drug-likeness (QED) is 0.932. The summed E-state index contributed by atoms with van der Waals surface area (Å²) in [5, 5.41) is 14.4. The van der Waals surface area contributed by atoms with Crippen LogP contribution < -0.4 is 5.32 Å². The fraction of sp³-hybridized carbons (Fsp3) is 0.533. The number of anilines is 1. The first-order valence-electron chi connectivity index (χ1n) is 7.71. The Morgan fingerprint density at radius 2 is 1.78 bits per heavy atom. The number of tetrazole rings is 1. The number of hydrogen-bond acceptors (Lipinski definition) is 4. The minimum Gasteiger partial charge on any atom is -0.382 e. The van der Waals surface area contributed by atoms with Crippen LogP contribution in [-0.2, 0) is 6.54 Å². The van der Waals surface area contributed by atoms with Gasteiger partial charge in [0, 0.05) is 17.3 Å². The Labute approximate surface area is 131 Å². The van der Waals surface area contributed by atoms with Gasteiger partial charge in [0.25, 0.3) is 0 Å². The molecule has 3 rings (SSSR count). The molecular formula is C15H18F3N5. The van der Waals surface area contributed by atoms with Gasteiger partial charge in [0.2, 0.25) is 5.82 Å². The molecule has 1 aliphatic rings. The highest BCUT2D eigenvalue weighted by molar-refractivity contribution is 5.59. The summed E-state index contributed by atoms with van der Waals surface area (Å²) in [5.41, 5.74) is 1.65. The summed E-state index contributed by atoms with van der Waals surface area (Å²) >= 11 is 0. The largest absolute Gasteiger partial charge is 0.409 e. The number of nitrogens with zero attached hydrogens (tertiary/aromatic N) is 4. The average molecular weight is 325 g/mol. The van der Waals surface area contributed by atoms with Crippen molar-refractivity contribution in [1.29, 1.82) is 0 Å². The molecule has 1 fully saturated rings. The third kappa shape index (κ3) is 4.43. The van der Waals surface area contributed by atoms with E-state index in [-0.39, 0.29) is 5.82 Å². The maximum absolute atomic E-state index is 12.3. The lowest BCUT2D eigenvalue weighted by Crippen LogP contribution is -2.22. The summed E-state index contributed by atoms with van der Waals surface area (Å²) in [4.78, 5) is 0.559. The molecule has 0 aliphatic heterocycles. The van der Waals surface area contributed by atoms with E-state index in [1.807, 2.05) is 12.1 Å². The van der Waals surface area contributed by atoms with Gasteiger partial charge in [0.1, 0.15) is 0 Å². The summed E-state index contributed by atoms with van der Waals surface area (Å²) in [5.74, 6) is 0.193. The van der Waals surface area contributed by atoms with E-state index in [4.69, 9.17) is 0 Å². The van der Waals surface area contributed by atoms with Gasteiger partial charge in [-0.05, 0) is 42.3 Å². The molecular weight excluding hydrogens is 307 g/mol. The lowest BCUT2D eigenvalue weighted by Gasteiger charge is -2.23. The lowest BCUT2D eigenvalue weighted by atomic mass is 9.95. The third-order valence-corrected chi connectivity index (χ3v) is 3.89. The number of hydrogen-bond donors (Lipinski definition) is 1. The van der Waals surface area contributed by atoms with Crippen LogP contribution in [0.15, 0.2) is 24.3 Å². The molecule has 0 atom stereocenters. The van der Waals surface area contributed by atoms with Crippen LogP contribution in [0.1, 0.15) is 32.1 Å². The van der Waals surface area contributed by atoms with E-state index in [0.29, 0.717) is 16.4 Å². The van der Waals surface area contributed by atoms with Crippen LogP contribution >= 0.6 is 0 Å². The van der Waals surface area contributed by atoms with E-state index >= 15 is 0 Å². The monoisotopic (exact) mass is 325 g/mol. The number of rotatable bonds is 4. The van der Waals surface area contributed by atoms with E-state index in [2.05, 4.69) is 20.7 Å². The SMILES string of the molecule is FC(F)(F)Cn1nnc(-c2ccc(NC3CCCCC3)cc2)n1. The van der Waals surface area contributed by atoms with Crippen molar-refractivity contribution >= 4 is 5.69 Å². The van der Waals surface area contributed by atoms with Crippen molar-refractivity contribution < 1.29 is 13.2 Å². The Balaban J connectivity index is 1.64. The molecule has 0 radical (unpaired) electrons. The fourth-order valence-corrected chi connectivity index (χ4v) is 2.78. The van der Waals surface area contributed by atoms with E-state index in [1.54, 1.807) is 12.1 Å². The molecule has 0 bridgehead atoms. The molecule has 1 aliphatic carbocycles. The van der Waals surface area contributed by atoms with Gasteiger partial charge in [-0.1, -0.05) is 19.3 Å². The zero-order valence-electron chi connectivity index (χ0n) is 12.6. The number of halogens is 3. The van der Waals surface area contributed by atoms with Crippen molar-refractivity contribution in [2.75, 3.05) is 5.32 Å². The standard InChI is InChI=1S/C15H18F3N5/c16-15(17,18)10-23-21-14(20-22-23)11-6-8-13(9-7-11)19-12-4-2-1-3-5-12/h6-9,12,19H,1-5,10H2. The molecule has 1 saturated carbocycles. The van der Waals surface area contributed by atoms with Gasteiger partial charge in [-0.3, -0.25) is 0 Å². The Hall–Kier alpha value is -2.12. The molecule has 1 aromatic heterocycles. The van der Waals surface area contributed by atoms with Crippen LogP contribution in [0.5, 0.6) is 0 Å². The van der Waals surface area contributed by atoms with Crippen LogP contribution in [0, 0.1) is 0 Å². The fourth-order valence-electron chi connectivity index (χ4n) is 2.78. The molecule has 8 heteroatoms. The molecule has 0 saturated heterocycles. The van der Waals surface area contributed by atoms with Crippen LogP contribution in [0.2, 0.25) is 0 Å². The third-order valence-electron chi connectivity index (χ3n) is 3.89. The summed E-state index contributed by atoms with van der Waals surface area (Å²) in [6, 6.07) is 7.88. The van der Waals surface area contributed by atoms with Gasteiger partial charge in [-0.2, -0.15) is 18.0 Å². The van der Waals surface area contributed by atoms with Gasteiger partial charge < -0.3 is 5.32 Å². The minimum absolute atomic E-state index is 0.193. The topological polar surface area (TPSA) is 55.6 Å². The van der Waals surface area contributed by atoms with Gasteiger partial charge in [0.15, 0.2) is 6.54 Å². The number of alkyl halides is 3. The second kappa shape index (κ2) is 6.55. The van der Waals surface area contributed by atoms with Crippen LogP contribution in [0.4, 0.5) is 18.9 Å². The maximum atomic E-state index is 12.3. The number of benzene rings is 1. The van der Waals surface area contributed by atoms with Crippen molar-refractivity contribution in [1.82, 2.24) is 20.2 Å². The molecule has 0 amide bonds. The summed E-state index contributed by atoms with van der Waals surface area (Å²) < 4.78 is 36.9. The summed E-state index contributed by atoms with van der Waals surface area (Å²) in [6.07, 6.45) is 1.80. The van der Waals surface area contributed by atoms with Crippen molar-refractivity contribution in [3.8, 4) is 11.4 Å². The maximum Gasteiger partial charge on any atom is 0.409 e. The van der Waals surface area contributed by atoms with Crippen LogP contribution in [-0.4, -0.2) is 32.4 Å². The highest BCUT2D eigenvalue weighted by Crippen LogP contribution is 2.23. The number of nitrogens with one attached hydrogen (secondary N) is 1. The second-order valence-corrected chi connectivity index (χ2v) is 5.82. The summed E-state index contributed by atoms with van der Waals surface area (Å²) in [6.45, 7) is -1.23. The zero-order valence-corrected chi connectivity index (χ0v) is 12.6. The average Bonchev–Trinajstić information content (AvgIpc) is 2.95. The van der Waals surface area contributed by atoms with E-state index < -0.39 is 12.7 Å². The Bertz CT molecular complexity index is 629. The highest BCUT2D eigenvalue weighted by Gasteiger charge is 2.29. The first kappa shape index (κ1) is 15.8. The van der Waals surface area contributed by atoms with Crippen molar-refractivity contribution in [2.45, 2.75) is 50.9 Å². The predicted molar refractivity (Wildman–Crippen MR) is 79.8 cm³/mol. The molecule has 2 aromatic rings. The van der Waals surface area contributed by atoms with Crippen LogP contribution in [0.3, 0.4) is 0 Å². The van der Waals surface area contributed by atoms with Gasteiger partial charge in [0.05, 0.1) is 0 Å². The normalized spacial score (nSPS) is 16.5. The Morgan fingerprint density at radius 3 is 2.43 bits per heavy atom. The van der Waals surface area contributed by atoms with Crippen molar-refractivity contribution in [2.24, 2.45) is 0 Å². The van der Waals surface area contributed by atoms with Gasteiger partial charge >= 0.3 is 6.18 Å². The molecule has 0 spiro atoms. The van der Waals surface area contributed by atoms with E-state index in [0.717, 1.165) is 5.69 Å². The molecule has 1 N–H and O–H groups in total. The second-order valence-electron chi connectivity index (χ2n) is 5.82. The molecule has 124 valence electrons. The highest BCUT2D eigenvalue weighted by atomic mass is 19.4. The Kier molecular flexibility index (Phi) is 4.49. The molecule has 23 heavy (non-hydrogen) atoms.